The average molecular weight is 500 g/mol. The quantitative estimate of drug-likeness (QED) is 0.406. The fourth-order valence-electron chi connectivity index (χ4n) is 6.39. The Kier molecular flexibility index (Phi) is 5.62. The number of esters is 1. The summed E-state index contributed by atoms with van der Waals surface area (Å²) < 4.78 is 10.0. The maximum Gasteiger partial charge on any atom is 0.338 e. The Morgan fingerprint density at radius 3 is 2.57 bits per heavy atom. The molecule has 1 N–H and O–H groups in total. The normalized spacial score (nSPS) is 25.9. The third-order valence-corrected chi connectivity index (χ3v) is 7.81. The zero-order valence-electron chi connectivity index (χ0n) is 20.1. The van der Waals surface area contributed by atoms with Crippen molar-refractivity contribution in [1.29, 1.82) is 0 Å². The summed E-state index contributed by atoms with van der Waals surface area (Å²) in [6.07, 6.45) is 1.80. The van der Waals surface area contributed by atoms with Gasteiger partial charge >= 0.3 is 5.97 Å². The van der Waals surface area contributed by atoms with Crippen molar-refractivity contribution in [2.75, 3.05) is 16.8 Å². The minimum atomic E-state index is -0.739. The first-order chi connectivity index (χ1) is 17.9. The molecule has 9 nitrogen and oxygen atoms in total. The van der Waals surface area contributed by atoms with Gasteiger partial charge in [-0.3, -0.25) is 19.3 Å². The molecule has 2 aliphatic carbocycles. The number of imide groups is 1. The highest BCUT2D eigenvalue weighted by Crippen LogP contribution is 2.61. The van der Waals surface area contributed by atoms with Crippen molar-refractivity contribution in [3.63, 3.8) is 0 Å². The van der Waals surface area contributed by atoms with Crippen LogP contribution in [0.3, 0.4) is 0 Å². The molecular weight excluding hydrogens is 474 g/mol. The molecule has 1 aliphatic heterocycles. The number of ether oxygens (including phenoxy) is 1. The Balaban J connectivity index is 1.15. The van der Waals surface area contributed by atoms with Gasteiger partial charge in [-0.15, -0.1) is 0 Å². The van der Waals surface area contributed by atoms with Crippen LogP contribution in [0.15, 0.2) is 65.2 Å². The van der Waals surface area contributed by atoms with Crippen molar-refractivity contribution >= 4 is 35.2 Å². The molecule has 0 spiro atoms. The second-order valence-electron chi connectivity index (χ2n) is 9.97. The number of carbonyl (C=O) groups is 4. The predicted molar refractivity (Wildman–Crippen MR) is 131 cm³/mol. The molecule has 2 aromatic carbocycles. The van der Waals surface area contributed by atoms with Crippen molar-refractivity contribution in [2.24, 2.45) is 23.7 Å². The van der Waals surface area contributed by atoms with E-state index in [0.29, 0.717) is 11.4 Å². The minimum absolute atomic E-state index is 0.138. The Labute approximate surface area is 212 Å². The fourth-order valence-corrected chi connectivity index (χ4v) is 6.39. The van der Waals surface area contributed by atoms with Gasteiger partial charge in [-0.2, -0.15) is 0 Å². The molecule has 5 atom stereocenters. The van der Waals surface area contributed by atoms with Gasteiger partial charge < -0.3 is 14.6 Å². The van der Waals surface area contributed by atoms with Crippen LogP contribution in [0, 0.1) is 30.6 Å². The van der Waals surface area contributed by atoms with Crippen LogP contribution >= 0.6 is 0 Å². The lowest BCUT2D eigenvalue weighted by Crippen LogP contribution is -2.33. The summed E-state index contributed by atoms with van der Waals surface area (Å²) in [5.41, 5.74) is 1.71. The number of anilines is 2. The smallest absolute Gasteiger partial charge is 0.338 e. The summed E-state index contributed by atoms with van der Waals surface area (Å²) in [5.74, 6) is -0.997. The van der Waals surface area contributed by atoms with Crippen LogP contribution in [0.4, 0.5) is 11.5 Å². The second kappa shape index (κ2) is 8.99. The number of aryl methyl sites for hydroxylation is 1. The Hall–Kier alpha value is -4.27. The second-order valence-corrected chi connectivity index (χ2v) is 9.97. The van der Waals surface area contributed by atoms with E-state index >= 15 is 0 Å². The van der Waals surface area contributed by atoms with Crippen LogP contribution in [0.5, 0.6) is 0 Å². The number of amides is 3. The molecule has 1 aromatic heterocycles. The number of fused-ring (bicyclic) bond motifs is 5. The SMILES string of the molecule is Cc1cc(NC(=O)COC(=O)c2cccc(N3C(=O)[C@@H]4[C@@H]5C[C@@H]([C@@H]4C3=O)[C@@H](c3ccccc3)C5)c2)no1. The van der Waals surface area contributed by atoms with Gasteiger partial charge in [0, 0.05) is 6.07 Å². The summed E-state index contributed by atoms with van der Waals surface area (Å²) in [5, 5.41) is 6.13. The van der Waals surface area contributed by atoms with E-state index in [-0.39, 0.29) is 52.8 Å². The molecule has 2 heterocycles. The molecule has 0 radical (unpaired) electrons. The predicted octanol–water partition coefficient (Wildman–Crippen LogP) is 3.71. The number of rotatable bonds is 6. The molecule has 3 aliphatic rings. The summed E-state index contributed by atoms with van der Waals surface area (Å²) >= 11 is 0. The van der Waals surface area contributed by atoms with Crippen LogP contribution < -0.4 is 10.2 Å². The minimum Gasteiger partial charge on any atom is -0.452 e. The van der Waals surface area contributed by atoms with Crippen molar-refractivity contribution in [3.8, 4) is 0 Å². The largest absolute Gasteiger partial charge is 0.452 e. The van der Waals surface area contributed by atoms with Gasteiger partial charge in [0.1, 0.15) is 5.76 Å². The molecule has 2 bridgehead atoms. The number of aromatic nitrogens is 1. The highest BCUT2D eigenvalue weighted by molar-refractivity contribution is 6.23. The molecule has 1 saturated heterocycles. The molecule has 6 rings (SSSR count). The summed E-state index contributed by atoms with van der Waals surface area (Å²) in [6.45, 7) is 1.16. The zero-order chi connectivity index (χ0) is 25.7. The van der Waals surface area contributed by atoms with Gasteiger partial charge in [0.15, 0.2) is 12.4 Å². The van der Waals surface area contributed by atoms with Crippen LogP contribution in [0.2, 0.25) is 0 Å². The number of hydrogen-bond acceptors (Lipinski definition) is 7. The lowest BCUT2D eigenvalue weighted by Gasteiger charge is -2.28. The van der Waals surface area contributed by atoms with Gasteiger partial charge in [-0.1, -0.05) is 41.6 Å². The maximum absolute atomic E-state index is 13.6. The van der Waals surface area contributed by atoms with Gasteiger partial charge in [0.25, 0.3) is 5.91 Å². The van der Waals surface area contributed by atoms with E-state index in [0.717, 1.165) is 12.8 Å². The zero-order valence-corrected chi connectivity index (χ0v) is 20.1. The number of hydrogen-bond donors (Lipinski definition) is 1. The third-order valence-electron chi connectivity index (χ3n) is 7.81. The molecule has 3 aromatic rings. The van der Waals surface area contributed by atoms with Crippen LogP contribution in [-0.4, -0.2) is 35.5 Å². The third kappa shape index (κ3) is 4.00. The van der Waals surface area contributed by atoms with E-state index in [9.17, 15) is 19.2 Å². The van der Waals surface area contributed by atoms with E-state index in [1.807, 2.05) is 18.2 Å². The van der Waals surface area contributed by atoms with Crippen LogP contribution in [0.1, 0.15) is 40.4 Å². The van der Waals surface area contributed by atoms with E-state index in [4.69, 9.17) is 9.26 Å². The van der Waals surface area contributed by atoms with Crippen LogP contribution in [-0.2, 0) is 19.1 Å². The summed E-state index contributed by atoms with van der Waals surface area (Å²) in [7, 11) is 0. The lowest BCUT2D eigenvalue weighted by molar-refractivity contribution is -0.123. The van der Waals surface area contributed by atoms with Gasteiger partial charge in [0.05, 0.1) is 23.1 Å². The molecular formula is C28H25N3O6. The van der Waals surface area contributed by atoms with E-state index in [1.54, 1.807) is 19.1 Å². The summed E-state index contributed by atoms with van der Waals surface area (Å²) in [6, 6.07) is 18.0. The topological polar surface area (TPSA) is 119 Å². The Bertz CT molecular complexity index is 1400. The molecule has 2 saturated carbocycles. The Morgan fingerprint density at radius 2 is 1.81 bits per heavy atom. The van der Waals surface area contributed by atoms with Crippen molar-refractivity contribution < 1.29 is 28.4 Å². The highest BCUT2D eigenvalue weighted by atomic mass is 16.5. The molecule has 3 fully saturated rings. The van der Waals surface area contributed by atoms with E-state index in [1.165, 1.54) is 28.7 Å². The number of nitrogens with one attached hydrogen (secondary N) is 1. The first-order valence-corrected chi connectivity index (χ1v) is 12.3. The van der Waals surface area contributed by atoms with Gasteiger partial charge in [-0.05, 0) is 61.3 Å². The van der Waals surface area contributed by atoms with Crippen molar-refractivity contribution in [1.82, 2.24) is 5.16 Å². The number of nitrogens with zero attached hydrogens (tertiary/aromatic N) is 2. The molecule has 188 valence electrons. The number of benzene rings is 2. The maximum atomic E-state index is 13.6. The first kappa shape index (κ1) is 23.1. The fraction of sp³-hybridized carbons (Fsp3) is 0.321. The molecule has 9 heteroatoms. The standard InChI is InChI=1S/C28H25N3O6/c1-15-10-22(30-37-15)29-23(32)14-36-28(35)17-8-5-9-19(11-17)31-26(33)24-18-12-20(16-6-3-2-4-7-16)21(13-18)25(24)27(31)34/h2-11,18,20-21,24-25H,12-14H2,1H3,(H,29,30,32)/t18-,20+,21+,24+,25-/m0/s1. The van der Waals surface area contributed by atoms with Gasteiger partial charge in [-0.25, -0.2) is 4.79 Å². The monoisotopic (exact) mass is 499 g/mol. The summed E-state index contributed by atoms with van der Waals surface area (Å²) in [4.78, 5) is 52.9. The average Bonchev–Trinajstić information content (AvgIpc) is 3.66. The first-order valence-electron chi connectivity index (χ1n) is 12.3. The van der Waals surface area contributed by atoms with Gasteiger partial charge in [0.2, 0.25) is 11.8 Å². The van der Waals surface area contributed by atoms with E-state index < -0.39 is 18.5 Å². The van der Waals surface area contributed by atoms with E-state index in [2.05, 4.69) is 22.6 Å². The van der Waals surface area contributed by atoms with Crippen LogP contribution in [0.25, 0.3) is 0 Å². The van der Waals surface area contributed by atoms with Crippen molar-refractivity contribution in [2.45, 2.75) is 25.7 Å². The molecule has 3 amide bonds. The lowest BCUT2D eigenvalue weighted by atomic mass is 9.73. The molecule has 0 unspecified atom stereocenters. The number of carbonyl (C=O) groups excluding carboxylic acids is 4. The van der Waals surface area contributed by atoms with Crippen molar-refractivity contribution in [3.05, 3.63) is 77.6 Å². The Morgan fingerprint density at radius 1 is 1.03 bits per heavy atom. The highest BCUT2D eigenvalue weighted by Gasteiger charge is 2.64. The molecule has 37 heavy (non-hydrogen) atoms.